The maximum absolute atomic E-state index is 11.9. The van der Waals surface area contributed by atoms with Gasteiger partial charge in [-0.1, -0.05) is 96.5 Å². The van der Waals surface area contributed by atoms with Gasteiger partial charge >= 0.3 is 5.97 Å². The van der Waals surface area contributed by atoms with Crippen molar-refractivity contribution in [3.63, 3.8) is 0 Å². The molecule has 6 atom stereocenters. The Bertz CT molecular complexity index is 946. The third-order valence-electron chi connectivity index (χ3n) is 6.46. The number of aliphatic carboxylic acids is 1. The van der Waals surface area contributed by atoms with E-state index < -0.39 is 42.5 Å². The molecule has 0 heterocycles. The third-order valence-corrected chi connectivity index (χ3v) is 7.50. The average molecular weight is 656 g/mol. The molecule has 1 saturated carbocycles. The van der Waals surface area contributed by atoms with E-state index in [1.54, 1.807) is 12.2 Å². The fourth-order valence-corrected chi connectivity index (χ4v) is 4.42. The second kappa shape index (κ2) is 24.2. The molecule has 5 N–H and O–H groups in total. The minimum atomic E-state index is -0.967. The molecular weight excluding hydrogens is 604 g/mol. The molecule has 0 saturated heterocycles. The molecule has 1 aliphatic carbocycles. The highest BCUT2D eigenvalue weighted by Gasteiger charge is 2.25. The Morgan fingerprint density at radius 3 is 2.17 bits per heavy atom. The molecule has 9 heteroatoms. The Labute approximate surface area is 260 Å². The van der Waals surface area contributed by atoms with Crippen LogP contribution in [-0.4, -0.2) is 68.0 Å². The van der Waals surface area contributed by atoms with Crippen molar-refractivity contribution in [3.8, 4) is 0 Å². The van der Waals surface area contributed by atoms with Gasteiger partial charge in [-0.15, -0.1) is 0 Å². The first-order valence-electron chi connectivity index (χ1n) is 14.7. The van der Waals surface area contributed by atoms with Crippen molar-refractivity contribution < 1.29 is 39.9 Å². The number of hydrogen-bond acceptors (Lipinski definition) is 7. The summed E-state index contributed by atoms with van der Waals surface area (Å²) in [5.41, 5.74) is 0.988. The zero-order valence-corrected chi connectivity index (χ0v) is 27.0. The maximum atomic E-state index is 11.9. The summed E-state index contributed by atoms with van der Waals surface area (Å²) >= 11 is 3.55. The summed E-state index contributed by atoms with van der Waals surface area (Å²) in [5.74, 6) is -1.28. The van der Waals surface area contributed by atoms with E-state index in [0.29, 0.717) is 25.7 Å². The van der Waals surface area contributed by atoms with Gasteiger partial charge in [-0.3, -0.25) is 4.79 Å². The monoisotopic (exact) mass is 654 g/mol. The largest absolute Gasteiger partial charge is 0.481 e. The van der Waals surface area contributed by atoms with Gasteiger partial charge in [-0.25, -0.2) is 4.79 Å². The highest BCUT2D eigenvalue weighted by molar-refractivity contribution is 9.11. The van der Waals surface area contributed by atoms with E-state index in [9.17, 15) is 25.2 Å². The molecule has 8 nitrogen and oxygen atoms in total. The average Bonchev–Trinajstić information content (AvgIpc) is 2.92. The van der Waals surface area contributed by atoms with Crippen LogP contribution in [0.4, 0.5) is 0 Å². The number of aliphatic hydroxyl groups is 4. The topological polar surface area (TPSA) is 145 Å². The summed E-state index contributed by atoms with van der Waals surface area (Å²) in [6.07, 6.45) is 21.0. The van der Waals surface area contributed by atoms with E-state index in [4.69, 9.17) is 14.6 Å². The van der Waals surface area contributed by atoms with Gasteiger partial charge in [-0.05, 0) is 62.3 Å². The molecule has 0 aliphatic heterocycles. The first-order chi connectivity index (χ1) is 19.9. The van der Waals surface area contributed by atoms with Crippen LogP contribution in [0.1, 0.15) is 85.5 Å². The molecule has 0 amide bonds. The minimum Gasteiger partial charge on any atom is -0.481 e. The zero-order valence-electron chi connectivity index (χ0n) is 25.4. The highest BCUT2D eigenvalue weighted by Crippen LogP contribution is 2.25. The van der Waals surface area contributed by atoms with Crippen LogP contribution in [0, 0.1) is 5.92 Å². The quantitative estimate of drug-likeness (QED) is 0.0584. The lowest BCUT2D eigenvalue weighted by atomic mass is 9.95. The fourth-order valence-electron chi connectivity index (χ4n) is 4.08. The number of carboxylic acids is 1. The number of rotatable bonds is 16. The van der Waals surface area contributed by atoms with E-state index in [1.807, 2.05) is 50.3 Å². The number of carbonyl (C=O) groups is 2. The summed E-state index contributed by atoms with van der Waals surface area (Å²) in [7, 11) is 0. The van der Waals surface area contributed by atoms with Crippen molar-refractivity contribution in [2.24, 2.45) is 5.92 Å². The SMILES string of the molecule is CC(=O)O.CC/C=C/CCC(O)CC(O)C(O)CC(C)/C(Br)=C/C=C/C=C(C)/C=C/C=C/C(=O)OC1CCCCC1O. The molecule has 0 aromatic heterocycles. The van der Waals surface area contributed by atoms with E-state index in [0.717, 1.165) is 42.7 Å². The standard InChI is InChI=1S/C31H47BrO6.C2H4O2/c1-4-5-6-7-16-25(33)22-29(36)28(35)21-24(3)26(32)17-10-8-14-23(2)15-9-13-20-31(37)38-30-19-12-11-18-27(30)34;1-2(3)4/h5-6,8-10,13-15,17,20,24-25,27-30,33-36H,4,7,11-12,16,18-19,21-22H2,1-3H3;1H3,(H,3,4)/b6-5+,10-8+,15-9+,20-13+,23-14+,26-17-;. The van der Waals surface area contributed by atoms with Crippen LogP contribution in [0.3, 0.4) is 0 Å². The Hall–Kier alpha value is -2.30. The summed E-state index contributed by atoms with van der Waals surface area (Å²) in [5, 5.41) is 48.0. The summed E-state index contributed by atoms with van der Waals surface area (Å²) in [6, 6.07) is 0. The minimum absolute atomic E-state index is 0.00137. The molecule has 0 aromatic rings. The summed E-state index contributed by atoms with van der Waals surface area (Å²) < 4.78 is 6.22. The van der Waals surface area contributed by atoms with Crippen LogP contribution in [0.2, 0.25) is 0 Å². The Morgan fingerprint density at radius 1 is 0.929 bits per heavy atom. The van der Waals surface area contributed by atoms with E-state index in [1.165, 1.54) is 6.08 Å². The van der Waals surface area contributed by atoms with Gasteiger partial charge in [0.15, 0.2) is 0 Å². The van der Waals surface area contributed by atoms with E-state index >= 15 is 0 Å². The van der Waals surface area contributed by atoms with E-state index in [2.05, 4.69) is 28.9 Å². The molecule has 1 rings (SSSR count). The van der Waals surface area contributed by atoms with Gasteiger partial charge in [0.2, 0.25) is 0 Å². The molecule has 1 aliphatic rings. The number of halogens is 1. The van der Waals surface area contributed by atoms with Gasteiger partial charge in [0.25, 0.3) is 5.97 Å². The Kier molecular flexibility index (Phi) is 22.9. The van der Waals surface area contributed by atoms with Gasteiger partial charge in [0.1, 0.15) is 6.10 Å². The highest BCUT2D eigenvalue weighted by atomic mass is 79.9. The van der Waals surface area contributed by atoms with Crippen LogP contribution in [0.5, 0.6) is 0 Å². The smallest absolute Gasteiger partial charge is 0.331 e. The van der Waals surface area contributed by atoms with Crippen LogP contribution in [0.15, 0.2) is 70.8 Å². The molecule has 6 unspecified atom stereocenters. The number of carbonyl (C=O) groups excluding carboxylic acids is 1. The first-order valence-corrected chi connectivity index (χ1v) is 15.5. The molecule has 42 heavy (non-hydrogen) atoms. The lowest BCUT2D eigenvalue weighted by Gasteiger charge is -2.26. The second-order valence-electron chi connectivity index (χ2n) is 10.5. The second-order valence-corrected chi connectivity index (χ2v) is 11.4. The molecule has 0 radical (unpaired) electrons. The number of carboxylic acid groups (broad SMARTS) is 1. The van der Waals surface area contributed by atoms with Crippen LogP contribution in [-0.2, 0) is 14.3 Å². The molecular formula is C33H51BrO8. The van der Waals surface area contributed by atoms with Crippen molar-refractivity contribution in [1.29, 1.82) is 0 Å². The van der Waals surface area contributed by atoms with Gasteiger partial charge in [0.05, 0.1) is 24.4 Å². The van der Waals surface area contributed by atoms with Crippen molar-refractivity contribution in [1.82, 2.24) is 0 Å². The number of hydrogen-bond donors (Lipinski definition) is 5. The normalized spacial score (nSPS) is 21.4. The van der Waals surface area contributed by atoms with Crippen LogP contribution in [0.25, 0.3) is 0 Å². The van der Waals surface area contributed by atoms with Crippen LogP contribution < -0.4 is 0 Å². The zero-order chi connectivity index (χ0) is 31.9. The molecule has 0 spiro atoms. The summed E-state index contributed by atoms with van der Waals surface area (Å²) in [4.78, 5) is 20.9. The fraction of sp³-hybridized carbons (Fsp3) is 0.576. The van der Waals surface area contributed by atoms with Crippen molar-refractivity contribution >= 4 is 27.9 Å². The van der Waals surface area contributed by atoms with E-state index in [-0.39, 0.29) is 12.3 Å². The molecule has 0 bridgehead atoms. The van der Waals surface area contributed by atoms with Gasteiger partial charge in [0, 0.05) is 19.4 Å². The predicted octanol–water partition coefficient (Wildman–Crippen LogP) is 6.06. The number of esters is 1. The molecule has 1 fully saturated rings. The first kappa shape index (κ1) is 39.7. The number of aliphatic hydroxyl groups excluding tert-OH is 4. The molecule has 238 valence electrons. The maximum Gasteiger partial charge on any atom is 0.331 e. The van der Waals surface area contributed by atoms with Crippen molar-refractivity contribution in [2.45, 2.75) is 116 Å². The number of ether oxygens (including phenoxy) is 1. The number of allylic oxidation sites excluding steroid dienone is 11. The van der Waals surface area contributed by atoms with Crippen molar-refractivity contribution in [2.75, 3.05) is 0 Å². The lowest BCUT2D eigenvalue weighted by Crippen LogP contribution is -2.33. The van der Waals surface area contributed by atoms with Gasteiger partial charge < -0.3 is 30.3 Å². The predicted molar refractivity (Wildman–Crippen MR) is 171 cm³/mol. The van der Waals surface area contributed by atoms with Crippen molar-refractivity contribution in [3.05, 3.63) is 70.8 Å². The van der Waals surface area contributed by atoms with Crippen LogP contribution >= 0.6 is 15.9 Å². The third kappa shape index (κ3) is 21.4. The molecule has 0 aromatic carbocycles. The lowest BCUT2D eigenvalue weighted by molar-refractivity contribution is -0.151. The van der Waals surface area contributed by atoms with Gasteiger partial charge in [-0.2, -0.15) is 0 Å². The Morgan fingerprint density at radius 2 is 1.52 bits per heavy atom. The Balaban J connectivity index is 0.00000393. The summed E-state index contributed by atoms with van der Waals surface area (Å²) in [6.45, 7) is 7.05.